The second-order valence-corrected chi connectivity index (χ2v) is 6.82. The molecule has 2 heterocycles. The second-order valence-electron chi connectivity index (χ2n) is 5.56. The van der Waals surface area contributed by atoms with Crippen molar-refractivity contribution in [2.45, 2.75) is 46.1 Å². The van der Waals surface area contributed by atoms with E-state index in [1.54, 1.807) is 11.3 Å². The van der Waals surface area contributed by atoms with Gasteiger partial charge >= 0.3 is 0 Å². The molecule has 1 amide bonds. The number of carbonyl (C=O) groups excluding carboxylic acids is 1. The minimum Gasteiger partial charge on any atom is -0.334 e. The molecule has 19 heavy (non-hydrogen) atoms. The first kappa shape index (κ1) is 14.5. The number of rotatable bonds is 3. The van der Waals surface area contributed by atoms with Crippen LogP contribution in [0.3, 0.4) is 0 Å². The van der Waals surface area contributed by atoms with Crippen LogP contribution >= 0.6 is 11.3 Å². The maximum Gasteiger partial charge on any atom is 0.264 e. The third-order valence-electron chi connectivity index (χ3n) is 4.12. The molecule has 2 rings (SSSR count). The fourth-order valence-electron chi connectivity index (χ4n) is 2.86. The summed E-state index contributed by atoms with van der Waals surface area (Å²) in [6, 6.07) is 2.28. The summed E-state index contributed by atoms with van der Waals surface area (Å²) in [4.78, 5) is 16.8. The lowest BCUT2D eigenvalue weighted by Crippen LogP contribution is -2.49. The Balaban J connectivity index is 2.17. The van der Waals surface area contributed by atoms with Crippen molar-refractivity contribution in [2.24, 2.45) is 11.7 Å². The van der Waals surface area contributed by atoms with Crippen LogP contribution in [0.2, 0.25) is 0 Å². The van der Waals surface area contributed by atoms with Crippen molar-refractivity contribution >= 4 is 17.2 Å². The van der Waals surface area contributed by atoms with Crippen molar-refractivity contribution < 1.29 is 4.79 Å². The summed E-state index contributed by atoms with van der Waals surface area (Å²) in [7, 11) is 0. The van der Waals surface area contributed by atoms with E-state index in [4.69, 9.17) is 5.73 Å². The number of thiophene rings is 1. The predicted molar refractivity (Wildman–Crippen MR) is 80.7 cm³/mol. The fraction of sp³-hybridized carbons (Fsp3) is 0.667. The zero-order valence-corrected chi connectivity index (χ0v) is 12.9. The average Bonchev–Trinajstić information content (AvgIpc) is 2.79. The summed E-state index contributed by atoms with van der Waals surface area (Å²) in [6.45, 7) is 7.89. The van der Waals surface area contributed by atoms with E-state index in [9.17, 15) is 4.79 Å². The normalized spacial score (nSPS) is 23.7. The first-order valence-electron chi connectivity index (χ1n) is 7.17. The van der Waals surface area contributed by atoms with Crippen LogP contribution in [0.5, 0.6) is 0 Å². The quantitative estimate of drug-likeness (QED) is 0.925. The summed E-state index contributed by atoms with van der Waals surface area (Å²) < 4.78 is 0. The topological polar surface area (TPSA) is 46.3 Å². The summed E-state index contributed by atoms with van der Waals surface area (Å²) in [5, 5.41) is 0. The van der Waals surface area contributed by atoms with Gasteiger partial charge in [-0.1, -0.05) is 13.8 Å². The van der Waals surface area contributed by atoms with Crippen LogP contribution in [0.4, 0.5) is 0 Å². The Morgan fingerprint density at radius 1 is 1.58 bits per heavy atom. The van der Waals surface area contributed by atoms with Crippen molar-refractivity contribution in [3.8, 4) is 0 Å². The van der Waals surface area contributed by atoms with E-state index in [2.05, 4.69) is 26.8 Å². The standard InChI is InChI=1S/C15H24N2OS/c1-4-12-8-14(19-11(12)3)15(18)17-6-5-10(2)7-13(17)9-16/h8,10,13H,4-7,9,16H2,1-3H3. The maximum atomic E-state index is 12.6. The molecule has 1 aromatic rings. The Bertz CT molecular complexity index is 455. The van der Waals surface area contributed by atoms with E-state index in [-0.39, 0.29) is 11.9 Å². The molecule has 1 saturated heterocycles. The fourth-order valence-corrected chi connectivity index (χ4v) is 3.93. The van der Waals surface area contributed by atoms with Gasteiger partial charge in [-0.05, 0) is 43.7 Å². The van der Waals surface area contributed by atoms with Gasteiger partial charge in [0.25, 0.3) is 5.91 Å². The minimum absolute atomic E-state index is 0.176. The highest BCUT2D eigenvalue weighted by Crippen LogP contribution is 2.28. The van der Waals surface area contributed by atoms with Gasteiger partial charge in [-0.25, -0.2) is 0 Å². The van der Waals surface area contributed by atoms with Gasteiger partial charge in [-0.3, -0.25) is 4.79 Å². The van der Waals surface area contributed by atoms with Gasteiger partial charge in [0.2, 0.25) is 0 Å². The molecule has 1 aliphatic rings. The third kappa shape index (κ3) is 3.00. The Kier molecular flexibility index (Phi) is 4.63. The van der Waals surface area contributed by atoms with Crippen LogP contribution < -0.4 is 5.73 Å². The van der Waals surface area contributed by atoms with Crippen LogP contribution in [0.1, 0.15) is 46.8 Å². The van der Waals surface area contributed by atoms with Crippen molar-refractivity contribution in [1.29, 1.82) is 0 Å². The Morgan fingerprint density at radius 2 is 2.32 bits per heavy atom. The maximum absolute atomic E-state index is 12.6. The molecule has 0 spiro atoms. The Labute approximate surface area is 119 Å². The van der Waals surface area contributed by atoms with Gasteiger partial charge in [0.05, 0.1) is 4.88 Å². The summed E-state index contributed by atoms with van der Waals surface area (Å²) in [6.07, 6.45) is 3.12. The van der Waals surface area contributed by atoms with Gasteiger partial charge in [0.15, 0.2) is 0 Å². The number of nitrogens with two attached hydrogens (primary N) is 1. The molecule has 0 bridgehead atoms. The molecule has 1 aliphatic heterocycles. The Morgan fingerprint density at radius 3 is 2.89 bits per heavy atom. The monoisotopic (exact) mass is 280 g/mol. The van der Waals surface area contributed by atoms with Crippen molar-refractivity contribution in [3.05, 3.63) is 21.4 Å². The lowest BCUT2D eigenvalue weighted by atomic mass is 9.92. The molecule has 2 N–H and O–H groups in total. The molecule has 1 fully saturated rings. The predicted octanol–water partition coefficient (Wildman–Crippen LogP) is 2.82. The number of carbonyl (C=O) groups is 1. The van der Waals surface area contributed by atoms with E-state index in [0.717, 1.165) is 30.7 Å². The summed E-state index contributed by atoms with van der Waals surface area (Å²) in [5.41, 5.74) is 7.14. The van der Waals surface area contributed by atoms with Crippen LogP contribution in [-0.2, 0) is 6.42 Å². The highest BCUT2D eigenvalue weighted by Gasteiger charge is 2.30. The van der Waals surface area contributed by atoms with Gasteiger partial charge in [-0.15, -0.1) is 11.3 Å². The highest BCUT2D eigenvalue weighted by molar-refractivity contribution is 7.14. The number of hydrogen-bond donors (Lipinski definition) is 1. The van der Waals surface area contributed by atoms with Crippen molar-refractivity contribution in [2.75, 3.05) is 13.1 Å². The lowest BCUT2D eigenvalue weighted by Gasteiger charge is -2.37. The summed E-state index contributed by atoms with van der Waals surface area (Å²) >= 11 is 1.62. The van der Waals surface area contributed by atoms with Crippen molar-refractivity contribution in [1.82, 2.24) is 4.90 Å². The molecule has 0 saturated carbocycles. The third-order valence-corrected chi connectivity index (χ3v) is 5.20. The van der Waals surface area contributed by atoms with E-state index in [0.29, 0.717) is 12.5 Å². The molecule has 2 atom stereocenters. The molecular weight excluding hydrogens is 256 g/mol. The first-order chi connectivity index (χ1) is 9.06. The molecule has 4 heteroatoms. The van der Waals surface area contributed by atoms with E-state index >= 15 is 0 Å². The minimum atomic E-state index is 0.176. The van der Waals surface area contributed by atoms with Crippen LogP contribution in [0.15, 0.2) is 6.07 Å². The molecule has 0 aliphatic carbocycles. The molecule has 3 nitrogen and oxygen atoms in total. The molecule has 1 aromatic heterocycles. The van der Waals surface area contributed by atoms with Crippen LogP contribution in [0, 0.1) is 12.8 Å². The number of piperidine rings is 1. The SMILES string of the molecule is CCc1cc(C(=O)N2CCC(C)CC2CN)sc1C. The average molecular weight is 280 g/mol. The Hall–Kier alpha value is -0.870. The van der Waals surface area contributed by atoms with Gasteiger partial charge in [0.1, 0.15) is 0 Å². The lowest BCUT2D eigenvalue weighted by molar-refractivity contribution is 0.0578. The molecule has 0 radical (unpaired) electrons. The van der Waals surface area contributed by atoms with Crippen LogP contribution in [0.25, 0.3) is 0 Å². The molecule has 106 valence electrons. The van der Waals surface area contributed by atoms with E-state index in [1.165, 1.54) is 10.4 Å². The highest BCUT2D eigenvalue weighted by atomic mass is 32.1. The number of aryl methyl sites for hydroxylation is 2. The molecule has 2 unspecified atom stereocenters. The van der Waals surface area contributed by atoms with Crippen molar-refractivity contribution in [3.63, 3.8) is 0 Å². The number of amides is 1. The van der Waals surface area contributed by atoms with E-state index < -0.39 is 0 Å². The molecule has 0 aromatic carbocycles. The zero-order chi connectivity index (χ0) is 14.0. The van der Waals surface area contributed by atoms with Crippen LogP contribution in [-0.4, -0.2) is 29.9 Å². The van der Waals surface area contributed by atoms with Gasteiger partial charge < -0.3 is 10.6 Å². The molecular formula is C15H24N2OS. The number of nitrogens with zero attached hydrogens (tertiary/aromatic N) is 1. The first-order valence-corrected chi connectivity index (χ1v) is 7.98. The second kappa shape index (κ2) is 6.06. The number of hydrogen-bond acceptors (Lipinski definition) is 3. The summed E-state index contributed by atoms with van der Waals surface area (Å²) in [5.74, 6) is 0.851. The smallest absolute Gasteiger partial charge is 0.264 e. The van der Waals surface area contributed by atoms with Gasteiger partial charge in [-0.2, -0.15) is 0 Å². The number of likely N-dealkylation sites (tertiary alicyclic amines) is 1. The van der Waals surface area contributed by atoms with Gasteiger partial charge in [0, 0.05) is 24.0 Å². The van der Waals surface area contributed by atoms with E-state index in [1.807, 2.05) is 4.90 Å². The zero-order valence-electron chi connectivity index (χ0n) is 12.1. The largest absolute Gasteiger partial charge is 0.334 e.